The van der Waals surface area contributed by atoms with E-state index in [2.05, 4.69) is 6.92 Å². The van der Waals surface area contributed by atoms with Gasteiger partial charge >= 0.3 is 6.09 Å². The first-order valence-electron chi connectivity index (χ1n) is 5.86. The third kappa shape index (κ3) is 2.52. The number of rotatable bonds is 1. The maximum Gasteiger partial charge on any atom is 0.407 e. The molecule has 0 bridgehead atoms. The van der Waals surface area contributed by atoms with Crippen molar-refractivity contribution in [2.75, 3.05) is 6.54 Å². The van der Waals surface area contributed by atoms with Gasteiger partial charge in [-0.15, -0.1) is 0 Å². The number of amides is 1. The number of benzene rings is 1. The van der Waals surface area contributed by atoms with E-state index >= 15 is 0 Å². The van der Waals surface area contributed by atoms with Gasteiger partial charge in [-0.3, -0.25) is 0 Å². The van der Waals surface area contributed by atoms with E-state index in [1.807, 2.05) is 0 Å². The van der Waals surface area contributed by atoms with E-state index in [9.17, 15) is 15.0 Å². The molecule has 1 heterocycles. The lowest BCUT2D eigenvalue weighted by Gasteiger charge is -2.37. The van der Waals surface area contributed by atoms with Crippen LogP contribution in [0.1, 0.15) is 31.4 Å². The fraction of sp³-hybridized carbons (Fsp3) is 0.462. The molecular formula is C13H17NO3. The largest absolute Gasteiger partial charge is 0.508 e. The molecule has 17 heavy (non-hydrogen) atoms. The molecule has 4 nitrogen and oxygen atoms in total. The van der Waals surface area contributed by atoms with Crippen LogP contribution >= 0.6 is 0 Å². The third-order valence-electron chi connectivity index (χ3n) is 3.34. The highest BCUT2D eigenvalue weighted by atomic mass is 16.4. The summed E-state index contributed by atoms with van der Waals surface area (Å²) in [6, 6.07) is 6.72. The maximum absolute atomic E-state index is 11.2. The molecule has 0 aromatic heterocycles. The molecule has 1 aromatic rings. The fourth-order valence-electron chi connectivity index (χ4n) is 2.41. The summed E-state index contributed by atoms with van der Waals surface area (Å²) in [5.74, 6) is 0.624. The minimum absolute atomic E-state index is 0.0794. The second kappa shape index (κ2) is 4.65. The maximum atomic E-state index is 11.2. The Kier molecular flexibility index (Phi) is 3.22. The molecule has 0 spiro atoms. The van der Waals surface area contributed by atoms with E-state index in [-0.39, 0.29) is 11.8 Å². The molecule has 2 atom stereocenters. The molecule has 1 fully saturated rings. The van der Waals surface area contributed by atoms with Gasteiger partial charge in [0.1, 0.15) is 5.75 Å². The number of carbonyl (C=O) groups is 1. The molecule has 0 unspecified atom stereocenters. The Hall–Kier alpha value is -1.71. The number of likely N-dealkylation sites (tertiary alicyclic amines) is 1. The first kappa shape index (κ1) is 11.8. The predicted octanol–water partition coefficient (Wildman–Crippen LogP) is 2.84. The summed E-state index contributed by atoms with van der Waals surface area (Å²) in [6.07, 6.45) is 1.02. The van der Waals surface area contributed by atoms with Crippen LogP contribution in [0.4, 0.5) is 4.79 Å². The van der Waals surface area contributed by atoms with Crippen molar-refractivity contribution in [3.63, 3.8) is 0 Å². The van der Waals surface area contributed by atoms with Crippen molar-refractivity contribution < 1.29 is 15.0 Å². The van der Waals surface area contributed by atoms with E-state index in [1.54, 1.807) is 24.3 Å². The van der Waals surface area contributed by atoms with Crippen molar-refractivity contribution in [2.45, 2.75) is 25.8 Å². The first-order valence-corrected chi connectivity index (χ1v) is 5.86. The van der Waals surface area contributed by atoms with Crippen molar-refractivity contribution in [3.8, 4) is 5.75 Å². The lowest BCUT2D eigenvalue weighted by atomic mass is 9.90. The Morgan fingerprint density at radius 3 is 2.53 bits per heavy atom. The van der Waals surface area contributed by atoms with Crippen LogP contribution in [0.3, 0.4) is 0 Å². The zero-order valence-corrected chi connectivity index (χ0v) is 9.84. The summed E-state index contributed by atoms with van der Waals surface area (Å²) in [7, 11) is 0. The third-order valence-corrected chi connectivity index (χ3v) is 3.34. The van der Waals surface area contributed by atoms with Crippen LogP contribution in [0.2, 0.25) is 0 Å². The zero-order valence-electron chi connectivity index (χ0n) is 9.84. The molecule has 0 saturated carbocycles. The second-order valence-electron chi connectivity index (χ2n) is 4.72. The van der Waals surface area contributed by atoms with Crippen LogP contribution in [0, 0.1) is 5.92 Å². The van der Waals surface area contributed by atoms with E-state index in [4.69, 9.17) is 0 Å². The molecule has 4 heteroatoms. The Labute approximate surface area is 100 Å². The van der Waals surface area contributed by atoms with E-state index in [0.29, 0.717) is 12.5 Å². The molecule has 0 aliphatic carbocycles. The lowest BCUT2D eigenvalue weighted by molar-refractivity contribution is 0.0900. The fourth-order valence-corrected chi connectivity index (χ4v) is 2.41. The molecule has 1 amide bonds. The summed E-state index contributed by atoms with van der Waals surface area (Å²) in [5, 5.41) is 18.5. The van der Waals surface area contributed by atoms with Crippen molar-refractivity contribution in [1.82, 2.24) is 4.90 Å². The minimum atomic E-state index is -0.866. The van der Waals surface area contributed by atoms with Gasteiger partial charge in [-0.2, -0.15) is 0 Å². The zero-order chi connectivity index (χ0) is 12.4. The van der Waals surface area contributed by atoms with Crippen LogP contribution in [-0.4, -0.2) is 27.8 Å². The number of nitrogens with zero attached hydrogens (tertiary/aromatic N) is 1. The Bertz CT molecular complexity index is 402. The van der Waals surface area contributed by atoms with Gasteiger partial charge in [0.15, 0.2) is 0 Å². The molecular weight excluding hydrogens is 218 g/mol. The van der Waals surface area contributed by atoms with Crippen LogP contribution in [-0.2, 0) is 0 Å². The van der Waals surface area contributed by atoms with E-state index in [0.717, 1.165) is 18.4 Å². The number of aromatic hydroxyl groups is 1. The average molecular weight is 235 g/mol. The van der Waals surface area contributed by atoms with Crippen molar-refractivity contribution >= 4 is 6.09 Å². The monoisotopic (exact) mass is 235 g/mol. The van der Waals surface area contributed by atoms with Crippen molar-refractivity contribution in [1.29, 1.82) is 0 Å². The summed E-state index contributed by atoms with van der Waals surface area (Å²) in [5.41, 5.74) is 0.956. The van der Waals surface area contributed by atoms with Crippen LogP contribution < -0.4 is 0 Å². The molecule has 92 valence electrons. The summed E-state index contributed by atoms with van der Waals surface area (Å²) >= 11 is 0. The smallest absolute Gasteiger partial charge is 0.407 e. The number of carboxylic acid groups (broad SMARTS) is 1. The predicted molar refractivity (Wildman–Crippen MR) is 64.0 cm³/mol. The standard InChI is InChI=1S/C13H17NO3/c1-9-2-7-12(14(8-9)13(16)17)10-3-5-11(15)6-4-10/h3-6,9,12,15H,2,7-8H2,1H3,(H,16,17)/t9-,12+/m0/s1. The average Bonchev–Trinajstić information content (AvgIpc) is 2.30. The number of phenolic OH excluding ortho intramolecular Hbond substituents is 1. The normalized spacial score (nSPS) is 24.6. The number of hydrogen-bond donors (Lipinski definition) is 2. The topological polar surface area (TPSA) is 60.8 Å². The molecule has 0 radical (unpaired) electrons. The molecule has 1 aliphatic rings. The Morgan fingerprint density at radius 2 is 1.94 bits per heavy atom. The Morgan fingerprint density at radius 1 is 1.29 bits per heavy atom. The van der Waals surface area contributed by atoms with Gasteiger partial charge in [0.05, 0.1) is 6.04 Å². The highest BCUT2D eigenvalue weighted by Gasteiger charge is 2.30. The quantitative estimate of drug-likeness (QED) is 0.786. The van der Waals surface area contributed by atoms with Crippen LogP contribution in [0.5, 0.6) is 5.75 Å². The summed E-state index contributed by atoms with van der Waals surface area (Å²) in [4.78, 5) is 12.7. The van der Waals surface area contributed by atoms with Crippen molar-refractivity contribution in [3.05, 3.63) is 29.8 Å². The molecule has 1 saturated heterocycles. The second-order valence-corrected chi connectivity index (χ2v) is 4.72. The van der Waals surface area contributed by atoms with Crippen LogP contribution in [0.25, 0.3) is 0 Å². The SMILES string of the molecule is C[C@H]1CC[C@H](c2ccc(O)cc2)N(C(=O)O)C1. The summed E-state index contributed by atoms with van der Waals surface area (Å²) < 4.78 is 0. The van der Waals surface area contributed by atoms with Gasteiger partial charge in [-0.25, -0.2) is 4.79 Å². The molecule has 2 N–H and O–H groups in total. The lowest BCUT2D eigenvalue weighted by Crippen LogP contribution is -2.40. The number of hydrogen-bond acceptors (Lipinski definition) is 2. The number of phenols is 1. The van der Waals surface area contributed by atoms with Gasteiger partial charge in [-0.1, -0.05) is 19.1 Å². The van der Waals surface area contributed by atoms with Gasteiger partial charge in [0, 0.05) is 6.54 Å². The molecule has 2 rings (SSSR count). The summed E-state index contributed by atoms with van der Waals surface area (Å²) in [6.45, 7) is 2.66. The number of piperidine rings is 1. The minimum Gasteiger partial charge on any atom is -0.508 e. The molecule has 1 aliphatic heterocycles. The van der Waals surface area contributed by atoms with E-state index < -0.39 is 6.09 Å². The van der Waals surface area contributed by atoms with Gasteiger partial charge in [-0.05, 0) is 36.5 Å². The highest BCUT2D eigenvalue weighted by Crippen LogP contribution is 2.33. The van der Waals surface area contributed by atoms with Gasteiger partial charge in [0.25, 0.3) is 0 Å². The Balaban J connectivity index is 2.23. The first-order chi connectivity index (χ1) is 8.08. The van der Waals surface area contributed by atoms with Gasteiger partial charge < -0.3 is 15.1 Å². The van der Waals surface area contributed by atoms with Crippen LogP contribution in [0.15, 0.2) is 24.3 Å². The van der Waals surface area contributed by atoms with Crippen molar-refractivity contribution in [2.24, 2.45) is 5.92 Å². The van der Waals surface area contributed by atoms with E-state index in [1.165, 1.54) is 4.90 Å². The highest BCUT2D eigenvalue weighted by molar-refractivity contribution is 5.66. The van der Waals surface area contributed by atoms with Gasteiger partial charge in [0.2, 0.25) is 0 Å². The molecule has 1 aromatic carbocycles.